The molecule has 0 spiro atoms. The molecule has 0 fully saturated rings. The highest BCUT2D eigenvalue weighted by atomic mass is 19.1. The molecule has 0 aliphatic rings. The minimum Gasteiger partial charge on any atom is -0.439 e. The summed E-state index contributed by atoms with van der Waals surface area (Å²) in [6, 6.07) is 11.9. The summed E-state index contributed by atoms with van der Waals surface area (Å²) in [6.07, 6.45) is -1.30. The highest BCUT2D eigenvalue weighted by Gasteiger charge is 2.08. The highest BCUT2D eigenvalue weighted by Crippen LogP contribution is 2.21. The van der Waals surface area contributed by atoms with Crippen molar-refractivity contribution in [3.63, 3.8) is 0 Å². The van der Waals surface area contributed by atoms with E-state index in [1.54, 1.807) is 24.3 Å². The van der Waals surface area contributed by atoms with E-state index in [-0.39, 0.29) is 11.6 Å². The molecule has 5 heteroatoms. The lowest BCUT2D eigenvalue weighted by Gasteiger charge is -2.07. The van der Waals surface area contributed by atoms with Crippen LogP contribution in [0.2, 0.25) is 0 Å². The van der Waals surface area contributed by atoms with Gasteiger partial charge in [0.25, 0.3) is 0 Å². The topological polar surface area (TPSA) is 66.1 Å². The summed E-state index contributed by atoms with van der Waals surface area (Å²) in [7, 11) is 0. The maximum atomic E-state index is 12.9. The van der Waals surface area contributed by atoms with Gasteiger partial charge in [0.05, 0.1) is 5.69 Å². The molecule has 0 amide bonds. The Bertz CT molecular complexity index is 596. The summed E-state index contributed by atoms with van der Waals surface area (Å²) in [5.41, 5.74) is 0.186. The average molecular weight is 244 g/mol. The minimum absolute atomic E-state index is 0.186. The van der Waals surface area contributed by atoms with Crippen LogP contribution in [-0.2, 0) is 0 Å². The van der Waals surface area contributed by atoms with E-state index in [0.717, 1.165) is 0 Å². The van der Waals surface area contributed by atoms with Crippen molar-refractivity contribution < 1.29 is 14.2 Å². The smallest absolute Gasteiger partial charge is 0.219 e. The Labute approximate surface area is 103 Å². The second-order valence-corrected chi connectivity index (χ2v) is 3.49. The van der Waals surface area contributed by atoms with Gasteiger partial charge in [-0.2, -0.15) is 5.26 Å². The molecule has 2 aromatic rings. The molecule has 0 saturated heterocycles. The first-order valence-electron chi connectivity index (χ1n) is 5.17. The van der Waals surface area contributed by atoms with Gasteiger partial charge in [-0.25, -0.2) is 9.37 Å². The maximum absolute atomic E-state index is 12.9. The Balaban J connectivity index is 2.22. The van der Waals surface area contributed by atoms with Gasteiger partial charge < -0.3 is 9.84 Å². The van der Waals surface area contributed by atoms with Gasteiger partial charge in [-0.1, -0.05) is 12.1 Å². The van der Waals surface area contributed by atoms with Crippen LogP contribution in [0.15, 0.2) is 42.5 Å². The standard InChI is InChI=1S/C13H9FN2O2/c14-9-3-1-4-10(7-9)18-13-6-2-5-11(16-13)12(17)8-15/h1-7,12,17H. The Morgan fingerprint density at radius 2 is 2.06 bits per heavy atom. The van der Waals surface area contributed by atoms with Crippen LogP contribution in [0.25, 0.3) is 0 Å². The highest BCUT2D eigenvalue weighted by molar-refractivity contribution is 5.28. The molecule has 18 heavy (non-hydrogen) atoms. The van der Waals surface area contributed by atoms with Crippen LogP contribution in [0.4, 0.5) is 4.39 Å². The Hall–Kier alpha value is -2.45. The number of nitrogens with zero attached hydrogens (tertiary/aromatic N) is 2. The molecule has 1 unspecified atom stereocenters. The summed E-state index contributed by atoms with van der Waals surface area (Å²) in [4.78, 5) is 3.95. The molecule has 90 valence electrons. The average Bonchev–Trinajstić information content (AvgIpc) is 2.38. The maximum Gasteiger partial charge on any atom is 0.219 e. The van der Waals surface area contributed by atoms with E-state index in [1.807, 2.05) is 0 Å². The number of aromatic nitrogens is 1. The fourth-order valence-corrected chi connectivity index (χ4v) is 1.36. The normalized spacial score (nSPS) is 11.6. The summed E-state index contributed by atoms with van der Waals surface area (Å²) in [5, 5.41) is 17.9. The Morgan fingerprint density at radius 1 is 1.28 bits per heavy atom. The Morgan fingerprint density at radius 3 is 2.78 bits per heavy atom. The third-order valence-electron chi connectivity index (χ3n) is 2.17. The lowest BCUT2D eigenvalue weighted by atomic mass is 10.2. The summed E-state index contributed by atoms with van der Waals surface area (Å²) < 4.78 is 18.3. The second-order valence-electron chi connectivity index (χ2n) is 3.49. The lowest BCUT2D eigenvalue weighted by molar-refractivity contribution is 0.229. The molecule has 0 aliphatic carbocycles. The van der Waals surface area contributed by atoms with E-state index in [2.05, 4.69) is 4.98 Å². The fourth-order valence-electron chi connectivity index (χ4n) is 1.36. The van der Waals surface area contributed by atoms with Crippen LogP contribution >= 0.6 is 0 Å². The Kier molecular flexibility index (Phi) is 3.51. The predicted octanol–water partition coefficient (Wildman–Crippen LogP) is 2.57. The lowest BCUT2D eigenvalue weighted by Crippen LogP contribution is -1.98. The van der Waals surface area contributed by atoms with Gasteiger partial charge >= 0.3 is 0 Å². The molecular weight excluding hydrogens is 235 g/mol. The van der Waals surface area contributed by atoms with Gasteiger partial charge in [0, 0.05) is 12.1 Å². The first kappa shape index (κ1) is 12.0. The van der Waals surface area contributed by atoms with E-state index in [1.165, 1.54) is 24.3 Å². The molecule has 0 bridgehead atoms. The molecule has 1 aromatic heterocycles. The van der Waals surface area contributed by atoms with Crippen molar-refractivity contribution in [3.8, 4) is 17.7 Å². The summed E-state index contributed by atoms with van der Waals surface area (Å²) >= 11 is 0. The van der Waals surface area contributed by atoms with Crippen molar-refractivity contribution in [1.29, 1.82) is 5.26 Å². The van der Waals surface area contributed by atoms with E-state index in [4.69, 9.17) is 10.00 Å². The third kappa shape index (κ3) is 2.81. The number of halogens is 1. The van der Waals surface area contributed by atoms with Crippen LogP contribution in [0.5, 0.6) is 11.6 Å². The van der Waals surface area contributed by atoms with Crippen molar-refractivity contribution in [1.82, 2.24) is 4.98 Å². The van der Waals surface area contributed by atoms with Gasteiger partial charge in [0.2, 0.25) is 5.88 Å². The van der Waals surface area contributed by atoms with Crippen LogP contribution in [0.3, 0.4) is 0 Å². The van der Waals surface area contributed by atoms with Crippen molar-refractivity contribution >= 4 is 0 Å². The predicted molar refractivity (Wildman–Crippen MR) is 61.3 cm³/mol. The number of hydrogen-bond donors (Lipinski definition) is 1. The number of hydrogen-bond acceptors (Lipinski definition) is 4. The van der Waals surface area contributed by atoms with Crippen molar-refractivity contribution in [3.05, 3.63) is 54.0 Å². The van der Waals surface area contributed by atoms with Gasteiger partial charge in [-0.05, 0) is 18.2 Å². The second kappa shape index (κ2) is 5.25. The van der Waals surface area contributed by atoms with E-state index >= 15 is 0 Å². The molecule has 4 nitrogen and oxygen atoms in total. The zero-order chi connectivity index (χ0) is 13.0. The molecule has 0 radical (unpaired) electrons. The summed E-state index contributed by atoms with van der Waals surface area (Å²) in [5.74, 6) is 0.0687. The van der Waals surface area contributed by atoms with E-state index in [0.29, 0.717) is 5.75 Å². The molecule has 0 aliphatic heterocycles. The number of nitriles is 1. The van der Waals surface area contributed by atoms with E-state index in [9.17, 15) is 9.50 Å². The monoisotopic (exact) mass is 244 g/mol. The van der Waals surface area contributed by atoms with Gasteiger partial charge in [-0.15, -0.1) is 0 Å². The molecule has 1 heterocycles. The quantitative estimate of drug-likeness (QED) is 0.842. The van der Waals surface area contributed by atoms with E-state index < -0.39 is 11.9 Å². The third-order valence-corrected chi connectivity index (χ3v) is 2.17. The molecule has 1 atom stereocenters. The molecule has 0 saturated carbocycles. The molecule has 2 rings (SSSR count). The summed E-state index contributed by atoms with van der Waals surface area (Å²) in [6.45, 7) is 0. The SMILES string of the molecule is N#CC(O)c1cccc(Oc2cccc(F)c2)n1. The van der Waals surface area contributed by atoms with Crippen LogP contribution in [0.1, 0.15) is 11.8 Å². The first-order chi connectivity index (χ1) is 8.69. The number of pyridine rings is 1. The van der Waals surface area contributed by atoms with Crippen LogP contribution in [-0.4, -0.2) is 10.1 Å². The number of aliphatic hydroxyl groups is 1. The number of aliphatic hydroxyl groups excluding tert-OH is 1. The van der Waals surface area contributed by atoms with Crippen molar-refractivity contribution in [2.45, 2.75) is 6.10 Å². The van der Waals surface area contributed by atoms with Gasteiger partial charge in [0.1, 0.15) is 17.6 Å². The van der Waals surface area contributed by atoms with Gasteiger partial charge in [0.15, 0.2) is 6.10 Å². The zero-order valence-corrected chi connectivity index (χ0v) is 9.25. The number of benzene rings is 1. The first-order valence-corrected chi connectivity index (χ1v) is 5.17. The minimum atomic E-state index is -1.30. The van der Waals surface area contributed by atoms with Gasteiger partial charge in [-0.3, -0.25) is 0 Å². The van der Waals surface area contributed by atoms with Crippen LogP contribution in [0, 0.1) is 17.1 Å². The molecule has 1 aromatic carbocycles. The molecular formula is C13H9FN2O2. The van der Waals surface area contributed by atoms with Crippen LogP contribution < -0.4 is 4.74 Å². The molecule has 1 N–H and O–H groups in total. The van der Waals surface area contributed by atoms with Crippen molar-refractivity contribution in [2.75, 3.05) is 0 Å². The zero-order valence-electron chi connectivity index (χ0n) is 9.25. The largest absolute Gasteiger partial charge is 0.439 e. The number of rotatable bonds is 3. The fraction of sp³-hybridized carbons (Fsp3) is 0.0769. The number of ether oxygens (including phenoxy) is 1. The van der Waals surface area contributed by atoms with Crippen molar-refractivity contribution in [2.24, 2.45) is 0 Å².